The van der Waals surface area contributed by atoms with Crippen LogP contribution in [0.25, 0.3) is 86.3 Å². The van der Waals surface area contributed by atoms with Crippen LogP contribution in [0.4, 0.5) is 0 Å². The van der Waals surface area contributed by atoms with Gasteiger partial charge in [-0.05, 0) is 65.7 Å². The average molecular weight is 591 g/mol. The van der Waals surface area contributed by atoms with Gasteiger partial charge in [-0.3, -0.25) is 0 Å². The Hall–Kier alpha value is -5.64. The van der Waals surface area contributed by atoms with Crippen LogP contribution in [0.2, 0.25) is 0 Å². The topological polar surface area (TPSA) is 9.86 Å². The van der Waals surface area contributed by atoms with E-state index in [4.69, 9.17) is 0 Å². The monoisotopic (exact) mass is 590 g/mol. The van der Waals surface area contributed by atoms with Crippen LogP contribution < -0.4 is 0 Å². The van der Waals surface area contributed by atoms with Crippen LogP contribution in [0.15, 0.2) is 158 Å². The summed E-state index contributed by atoms with van der Waals surface area (Å²) in [5.41, 5.74) is 9.72. The van der Waals surface area contributed by atoms with Crippen molar-refractivity contribution in [1.82, 2.24) is 9.13 Å². The second-order valence-electron chi connectivity index (χ2n) is 11.8. The Morgan fingerprint density at radius 2 is 0.867 bits per heavy atom. The molecule has 0 saturated carbocycles. The average Bonchev–Trinajstić information content (AvgIpc) is 3.76. The lowest BCUT2D eigenvalue weighted by atomic mass is 10.0. The second-order valence-corrected chi connectivity index (χ2v) is 12.8. The summed E-state index contributed by atoms with van der Waals surface area (Å²) in [6.07, 6.45) is 0. The van der Waals surface area contributed by atoms with Gasteiger partial charge >= 0.3 is 0 Å². The molecule has 210 valence electrons. The zero-order valence-corrected chi connectivity index (χ0v) is 25.1. The SMILES string of the molecule is c1cc(-n2c3ccccc3c3ccccc32)cc(-n2c3ccccc3c3cc(-c4cccc5c4sc4ccccc45)ccc32)c1. The summed E-state index contributed by atoms with van der Waals surface area (Å²) < 4.78 is 7.50. The van der Waals surface area contributed by atoms with E-state index in [0.717, 1.165) is 11.4 Å². The lowest BCUT2D eigenvalue weighted by Crippen LogP contribution is -1.98. The molecule has 0 aliphatic carbocycles. The fourth-order valence-corrected chi connectivity index (χ4v) is 8.60. The van der Waals surface area contributed by atoms with E-state index in [-0.39, 0.29) is 0 Å². The Morgan fingerprint density at radius 1 is 0.356 bits per heavy atom. The van der Waals surface area contributed by atoms with Gasteiger partial charge in [0.2, 0.25) is 0 Å². The highest BCUT2D eigenvalue weighted by Gasteiger charge is 2.17. The summed E-state index contributed by atoms with van der Waals surface area (Å²) in [6, 6.07) is 57.7. The zero-order chi connectivity index (χ0) is 29.5. The largest absolute Gasteiger partial charge is 0.309 e. The van der Waals surface area contributed by atoms with Crippen LogP contribution in [0.1, 0.15) is 0 Å². The molecule has 0 atom stereocenters. The highest BCUT2D eigenvalue weighted by molar-refractivity contribution is 7.26. The van der Waals surface area contributed by atoms with Crippen molar-refractivity contribution in [3.05, 3.63) is 158 Å². The summed E-state index contributed by atoms with van der Waals surface area (Å²) in [5.74, 6) is 0. The van der Waals surface area contributed by atoms with E-state index in [1.54, 1.807) is 0 Å². The van der Waals surface area contributed by atoms with Gasteiger partial charge < -0.3 is 9.13 Å². The standard InChI is InChI=1S/C42H26N2S/c1-5-19-37-31(13-1)32-14-2-6-20-38(32)43(37)28-11-9-12-29(26-28)44-39-21-7-3-15-33(39)36-25-27(23-24-40(36)44)30-17-10-18-35-34-16-4-8-22-41(34)45-42(30)35/h1-26H. The van der Waals surface area contributed by atoms with Crippen LogP contribution >= 0.6 is 11.3 Å². The maximum Gasteiger partial charge on any atom is 0.0541 e. The van der Waals surface area contributed by atoms with Crippen LogP contribution in [-0.2, 0) is 0 Å². The summed E-state index contributed by atoms with van der Waals surface area (Å²) in [6.45, 7) is 0. The number of rotatable bonds is 3. The first-order chi connectivity index (χ1) is 22.3. The van der Waals surface area contributed by atoms with Gasteiger partial charge in [-0.25, -0.2) is 0 Å². The lowest BCUT2D eigenvalue weighted by molar-refractivity contribution is 1.13. The Labute approximate surface area is 263 Å². The summed E-state index contributed by atoms with van der Waals surface area (Å²) >= 11 is 1.89. The molecule has 3 heteroatoms. The van der Waals surface area contributed by atoms with E-state index in [2.05, 4.69) is 167 Å². The number of aromatic nitrogens is 2. The molecule has 7 aromatic carbocycles. The molecule has 0 amide bonds. The first-order valence-corrected chi connectivity index (χ1v) is 16.2. The molecule has 0 unspecified atom stereocenters. The Bertz CT molecular complexity index is 2720. The van der Waals surface area contributed by atoms with Gasteiger partial charge in [0.1, 0.15) is 0 Å². The summed E-state index contributed by atoms with van der Waals surface area (Å²) in [7, 11) is 0. The van der Waals surface area contributed by atoms with Crippen LogP contribution in [0.5, 0.6) is 0 Å². The van der Waals surface area contributed by atoms with Crippen LogP contribution in [-0.4, -0.2) is 9.13 Å². The molecule has 0 radical (unpaired) electrons. The van der Waals surface area contributed by atoms with E-state index in [9.17, 15) is 0 Å². The van der Waals surface area contributed by atoms with Crippen molar-refractivity contribution in [2.24, 2.45) is 0 Å². The van der Waals surface area contributed by atoms with Crippen molar-refractivity contribution >= 4 is 75.1 Å². The highest BCUT2D eigenvalue weighted by atomic mass is 32.1. The van der Waals surface area contributed by atoms with Gasteiger partial charge in [0.15, 0.2) is 0 Å². The van der Waals surface area contributed by atoms with Gasteiger partial charge in [0.05, 0.1) is 22.1 Å². The maximum absolute atomic E-state index is 2.42. The molecular formula is C42H26N2S. The molecule has 0 N–H and O–H groups in total. The molecule has 10 rings (SSSR count). The third kappa shape index (κ3) is 3.56. The lowest BCUT2D eigenvalue weighted by Gasteiger charge is -2.13. The Kier molecular flexibility index (Phi) is 5.19. The summed E-state index contributed by atoms with van der Waals surface area (Å²) in [5, 5.41) is 7.74. The number of thiophene rings is 1. The molecule has 0 aliphatic rings. The molecule has 0 spiro atoms. The smallest absolute Gasteiger partial charge is 0.0541 e. The van der Waals surface area contributed by atoms with E-state index in [1.165, 1.54) is 74.9 Å². The zero-order valence-electron chi connectivity index (χ0n) is 24.3. The van der Waals surface area contributed by atoms with Gasteiger partial charge in [0, 0.05) is 53.1 Å². The van der Waals surface area contributed by atoms with Crippen molar-refractivity contribution < 1.29 is 0 Å². The first kappa shape index (κ1) is 24.8. The Morgan fingerprint density at radius 3 is 1.53 bits per heavy atom. The molecule has 2 nitrogen and oxygen atoms in total. The third-order valence-electron chi connectivity index (χ3n) is 9.31. The molecular weight excluding hydrogens is 565 g/mol. The van der Waals surface area contributed by atoms with E-state index < -0.39 is 0 Å². The van der Waals surface area contributed by atoms with Gasteiger partial charge in [-0.1, -0.05) is 103 Å². The fourth-order valence-electron chi connectivity index (χ4n) is 7.37. The molecule has 0 aliphatic heterocycles. The third-order valence-corrected chi connectivity index (χ3v) is 10.5. The van der Waals surface area contributed by atoms with Crippen LogP contribution in [0, 0.1) is 0 Å². The predicted molar refractivity (Wildman–Crippen MR) is 193 cm³/mol. The number of fused-ring (bicyclic) bond motifs is 9. The molecule has 10 aromatic rings. The molecule has 45 heavy (non-hydrogen) atoms. The predicted octanol–water partition coefficient (Wildman–Crippen LogP) is 11.9. The van der Waals surface area contributed by atoms with E-state index >= 15 is 0 Å². The maximum atomic E-state index is 2.42. The van der Waals surface area contributed by atoms with Gasteiger partial charge in [0.25, 0.3) is 0 Å². The number of hydrogen-bond donors (Lipinski definition) is 0. The van der Waals surface area contributed by atoms with Crippen molar-refractivity contribution in [3.63, 3.8) is 0 Å². The quantitative estimate of drug-likeness (QED) is 0.194. The fraction of sp³-hybridized carbons (Fsp3) is 0. The van der Waals surface area contributed by atoms with Crippen molar-refractivity contribution in [1.29, 1.82) is 0 Å². The van der Waals surface area contributed by atoms with Gasteiger partial charge in [-0.2, -0.15) is 0 Å². The summed E-state index contributed by atoms with van der Waals surface area (Å²) in [4.78, 5) is 0. The Balaban J connectivity index is 1.20. The molecule has 3 heterocycles. The van der Waals surface area contributed by atoms with Crippen molar-refractivity contribution in [3.8, 4) is 22.5 Å². The van der Waals surface area contributed by atoms with E-state index in [0.29, 0.717) is 0 Å². The number of nitrogens with zero attached hydrogens (tertiary/aromatic N) is 2. The van der Waals surface area contributed by atoms with E-state index in [1.807, 2.05) is 11.3 Å². The molecule has 3 aromatic heterocycles. The minimum absolute atomic E-state index is 1.15. The second kappa shape index (κ2) is 9.43. The number of para-hydroxylation sites is 3. The molecule has 0 bridgehead atoms. The minimum atomic E-state index is 1.15. The highest BCUT2D eigenvalue weighted by Crippen LogP contribution is 2.42. The normalized spacial score (nSPS) is 12.0. The van der Waals surface area contributed by atoms with Gasteiger partial charge in [-0.15, -0.1) is 11.3 Å². The molecule has 0 saturated heterocycles. The minimum Gasteiger partial charge on any atom is -0.309 e. The van der Waals surface area contributed by atoms with Crippen LogP contribution in [0.3, 0.4) is 0 Å². The molecule has 0 fully saturated rings. The van der Waals surface area contributed by atoms with Crippen molar-refractivity contribution in [2.75, 3.05) is 0 Å². The number of benzene rings is 7. The van der Waals surface area contributed by atoms with Crippen molar-refractivity contribution in [2.45, 2.75) is 0 Å². The first-order valence-electron chi connectivity index (χ1n) is 15.4. The number of hydrogen-bond acceptors (Lipinski definition) is 1.